The van der Waals surface area contributed by atoms with Crippen molar-refractivity contribution in [2.75, 3.05) is 0 Å². The summed E-state index contributed by atoms with van der Waals surface area (Å²) in [5.74, 6) is 0.194. The van der Waals surface area contributed by atoms with Crippen LogP contribution in [0.1, 0.15) is 0 Å². The first-order chi connectivity index (χ1) is 28.4. The molecule has 0 aliphatic heterocycles. The van der Waals surface area contributed by atoms with Crippen molar-refractivity contribution in [1.82, 2.24) is 15.0 Å². The molecule has 8 aromatic carbocycles. The lowest BCUT2D eigenvalue weighted by molar-refractivity contribution is 0.669. The van der Waals surface area contributed by atoms with E-state index in [0.717, 1.165) is 38.1 Å². The first-order valence-electron chi connectivity index (χ1n) is 18.5. The first kappa shape index (κ1) is 37.3. The molecule has 0 bridgehead atoms. The number of aromatic nitrogens is 3. The van der Waals surface area contributed by atoms with Crippen LogP contribution >= 0.6 is 0 Å². The second-order valence-electron chi connectivity index (χ2n) is 14.5. The predicted molar refractivity (Wildman–Crippen MR) is 255 cm³/mol. The summed E-state index contributed by atoms with van der Waals surface area (Å²) < 4.78 is 6.54. The van der Waals surface area contributed by atoms with Crippen LogP contribution in [-0.2, 0) is 0 Å². The van der Waals surface area contributed by atoms with E-state index in [0.29, 0.717) is 16.7 Å². The molecule has 0 aliphatic rings. The molecule has 2 aromatic heterocycles. The van der Waals surface area contributed by atoms with Gasteiger partial charge in [0.05, 0.1) is 0 Å². The maximum atomic E-state index is 6.57. The molecule has 20 radical (unpaired) electrons. The predicted octanol–water partition coefficient (Wildman–Crippen LogP) is -0.163. The van der Waals surface area contributed by atoms with Crippen molar-refractivity contribution in [3.05, 3.63) is 103 Å². The molecule has 14 heteroatoms. The lowest BCUT2D eigenvalue weighted by atomic mass is 9.60. The van der Waals surface area contributed by atoms with Crippen LogP contribution in [0.4, 0.5) is 0 Å². The Labute approximate surface area is 353 Å². The average Bonchev–Trinajstić information content (AvgIpc) is 3.66. The fourth-order valence-corrected chi connectivity index (χ4v) is 8.27. The van der Waals surface area contributed by atoms with Gasteiger partial charge in [-0.2, -0.15) is 0 Å². The molecule has 0 unspecified atom stereocenters. The first-order valence-corrected chi connectivity index (χ1v) is 18.5. The lowest BCUT2D eigenvalue weighted by Crippen LogP contribution is -2.55. The van der Waals surface area contributed by atoms with Crippen molar-refractivity contribution in [2.45, 2.75) is 0 Å². The third-order valence-electron chi connectivity index (χ3n) is 11.3. The van der Waals surface area contributed by atoms with Gasteiger partial charge in [0.2, 0.25) is 0 Å². The minimum Gasteiger partial charge on any atom is -0.456 e. The van der Waals surface area contributed by atoms with Crippen molar-refractivity contribution < 1.29 is 4.42 Å². The Kier molecular flexibility index (Phi) is 8.72. The average molecular weight is 724 g/mol. The molecule has 4 nitrogen and oxygen atoms in total. The van der Waals surface area contributed by atoms with E-state index in [1.807, 2.05) is 30.3 Å². The Morgan fingerprint density at radius 1 is 0.322 bits per heavy atom. The molecule has 0 aliphatic carbocycles. The van der Waals surface area contributed by atoms with Crippen LogP contribution in [-0.4, -0.2) is 93.4 Å². The molecule has 0 amide bonds. The molecule has 0 atom stereocenters. The van der Waals surface area contributed by atoms with E-state index in [1.54, 1.807) is 0 Å². The molecule has 10 aromatic rings. The monoisotopic (exact) mass is 725 g/mol. The smallest absolute Gasteiger partial charge is 0.164 e. The zero-order chi connectivity index (χ0) is 41.0. The summed E-state index contributed by atoms with van der Waals surface area (Å²) >= 11 is 0. The Hall–Kier alpha value is -6.00. The highest BCUT2D eigenvalue weighted by molar-refractivity contribution is 6.70. The lowest BCUT2D eigenvalue weighted by Gasteiger charge is -2.23. The van der Waals surface area contributed by atoms with Crippen molar-refractivity contribution in [3.8, 4) is 45.3 Å². The van der Waals surface area contributed by atoms with Crippen LogP contribution in [0, 0.1) is 0 Å². The SMILES string of the molecule is [B]c1c([B])c([B])c(-c2nc(-c3c([B])c([B])c([B])c([B])c3[B])nc(-c3cccc4oc5cccc(-c6ccc7c8ccccc8c8ccccc8c7c6)c5c34)n2)c([B])c1[B]. The van der Waals surface area contributed by atoms with Crippen LogP contribution in [0.15, 0.2) is 108 Å². The minimum atomic E-state index is 0.00447. The quantitative estimate of drug-likeness (QED) is 0.187. The highest BCUT2D eigenvalue weighted by Gasteiger charge is 2.24. The Morgan fingerprint density at radius 2 is 0.695 bits per heavy atom. The van der Waals surface area contributed by atoms with E-state index >= 15 is 0 Å². The Balaban J connectivity index is 1.28. The molecule has 0 spiro atoms. The number of nitrogens with zero attached hydrogens (tertiary/aromatic N) is 3. The van der Waals surface area contributed by atoms with Gasteiger partial charge in [0.15, 0.2) is 17.5 Å². The van der Waals surface area contributed by atoms with Gasteiger partial charge in [0, 0.05) is 27.5 Å². The number of furan rings is 1. The number of hydrogen-bond donors (Lipinski definition) is 0. The number of benzene rings is 8. The van der Waals surface area contributed by atoms with E-state index in [1.165, 1.54) is 16.2 Å². The van der Waals surface area contributed by atoms with Gasteiger partial charge in [-0.25, -0.2) is 15.0 Å². The van der Waals surface area contributed by atoms with Crippen molar-refractivity contribution >= 4 is 187 Å². The molecule has 0 fully saturated rings. The van der Waals surface area contributed by atoms with Gasteiger partial charge in [0.1, 0.15) is 89.6 Å². The van der Waals surface area contributed by atoms with Gasteiger partial charge in [-0.1, -0.05) is 107 Å². The maximum Gasteiger partial charge on any atom is 0.164 e. The van der Waals surface area contributed by atoms with Crippen LogP contribution in [0.2, 0.25) is 0 Å². The van der Waals surface area contributed by atoms with E-state index in [4.69, 9.17) is 97.8 Å². The number of rotatable bonds is 4. The molecule has 2 heterocycles. The molecule has 0 saturated carbocycles. The standard InChI is InChI=1S/C45H17B10N3O/c46-33-31(34(47)38(51)41(54)37(33)50)44-56-43(57-45(58-44)32-35(48)39(52)42(55)40(53)36(32)49)25-12-6-14-28-30(25)29-19(11-5-13-27(29)59-28)18-15-16-24-22-9-2-1-7-20(22)21-8-3-4-10-23(21)26(24)17-18/h1-17H. The Morgan fingerprint density at radius 3 is 1.17 bits per heavy atom. The van der Waals surface area contributed by atoms with Crippen LogP contribution in [0.5, 0.6) is 0 Å². The van der Waals surface area contributed by atoms with Gasteiger partial charge in [-0.05, 0) is 61.6 Å². The molecular weight excluding hydrogens is 707 g/mol. The van der Waals surface area contributed by atoms with E-state index in [-0.39, 0.29) is 83.2 Å². The van der Waals surface area contributed by atoms with E-state index in [2.05, 4.69) is 72.8 Å². The minimum absolute atomic E-state index is 0.00447. The van der Waals surface area contributed by atoms with Gasteiger partial charge in [0.25, 0.3) is 0 Å². The zero-order valence-corrected chi connectivity index (χ0v) is 31.3. The van der Waals surface area contributed by atoms with Crippen molar-refractivity contribution in [3.63, 3.8) is 0 Å². The zero-order valence-electron chi connectivity index (χ0n) is 31.3. The second-order valence-corrected chi connectivity index (χ2v) is 14.5. The van der Waals surface area contributed by atoms with Gasteiger partial charge in [-0.15, -0.1) is 32.8 Å². The van der Waals surface area contributed by atoms with E-state index in [9.17, 15) is 0 Å². The summed E-state index contributed by atoms with van der Waals surface area (Å²) in [7, 11) is 63.9. The molecule has 248 valence electrons. The Bertz CT molecular complexity index is 3300. The molecular formula is C45H17B10N3O. The topological polar surface area (TPSA) is 51.8 Å². The fraction of sp³-hybridized carbons (Fsp3) is 0. The third kappa shape index (κ3) is 5.55. The summed E-state index contributed by atoms with van der Waals surface area (Å²) in [6.45, 7) is 0. The highest BCUT2D eigenvalue weighted by Crippen LogP contribution is 2.43. The van der Waals surface area contributed by atoms with E-state index < -0.39 is 0 Å². The van der Waals surface area contributed by atoms with Crippen LogP contribution in [0.25, 0.3) is 99.5 Å². The number of fused-ring (bicyclic) bond motifs is 9. The fourth-order valence-electron chi connectivity index (χ4n) is 8.27. The second kappa shape index (κ2) is 13.8. The van der Waals surface area contributed by atoms with Gasteiger partial charge in [-0.3, -0.25) is 0 Å². The van der Waals surface area contributed by atoms with Crippen molar-refractivity contribution in [1.29, 1.82) is 0 Å². The van der Waals surface area contributed by atoms with Crippen molar-refractivity contribution in [2.24, 2.45) is 0 Å². The largest absolute Gasteiger partial charge is 0.456 e. The van der Waals surface area contributed by atoms with Crippen LogP contribution < -0.4 is 54.6 Å². The number of hydrogen-bond acceptors (Lipinski definition) is 4. The van der Waals surface area contributed by atoms with Gasteiger partial charge >= 0.3 is 0 Å². The highest BCUT2D eigenvalue weighted by atomic mass is 16.3. The summed E-state index contributed by atoms with van der Waals surface area (Å²) in [5.41, 5.74) is 4.18. The molecule has 59 heavy (non-hydrogen) atoms. The molecule has 10 rings (SSSR count). The molecule has 0 N–H and O–H groups in total. The summed E-state index contributed by atoms with van der Waals surface area (Å²) in [6, 6.07) is 35.1. The summed E-state index contributed by atoms with van der Waals surface area (Å²) in [4.78, 5) is 14.7. The summed E-state index contributed by atoms with van der Waals surface area (Å²) in [5, 5.41) is 8.58. The maximum absolute atomic E-state index is 6.57. The van der Waals surface area contributed by atoms with Crippen LogP contribution in [0.3, 0.4) is 0 Å². The third-order valence-corrected chi connectivity index (χ3v) is 11.3. The molecule has 0 saturated heterocycles. The normalized spacial score (nSPS) is 11.7. The van der Waals surface area contributed by atoms with Gasteiger partial charge < -0.3 is 4.42 Å². The summed E-state index contributed by atoms with van der Waals surface area (Å²) in [6.07, 6.45) is 0.